The van der Waals surface area contributed by atoms with E-state index in [0.717, 1.165) is 12.3 Å². The number of pyridine rings is 1. The Morgan fingerprint density at radius 1 is 1.20 bits per heavy atom. The number of rotatable bonds is 6. The van der Waals surface area contributed by atoms with Gasteiger partial charge in [0.15, 0.2) is 9.84 Å². The summed E-state index contributed by atoms with van der Waals surface area (Å²) in [5.74, 6) is -0.742. The Balaban J connectivity index is 1.36. The fourth-order valence-electron chi connectivity index (χ4n) is 4.51. The molecule has 0 unspecified atom stereocenters. The first kappa shape index (κ1) is 25.2. The first-order valence-corrected chi connectivity index (χ1v) is 13.4. The first-order chi connectivity index (χ1) is 16.6. The highest BCUT2D eigenvalue weighted by Crippen LogP contribution is 2.30. The van der Waals surface area contributed by atoms with Gasteiger partial charge in [0, 0.05) is 38.1 Å². The topological polar surface area (TPSA) is 109 Å². The summed E-state index contributed by atoms with van der Waals surface area (Å²) < 4.78 is 42.4. The van der Waals surface area contributed by atoms with Crippen LogP contribution < -0.4 is 10.2 Å². The van der Waals surface area contributed by atoms with Crippen molar-refractivity contribution < 1.29 is 27.1 Å². The molecule has 2 saturated heterocycles. The Bertz CT molecular complexity index is 1250. The number of anilines is 2. The molecule has 1 N–H and O–H groups in total. The Labute approximate surface area is 208 Å². The van der Waals surface area contributed by atoms with Gasteiger partial charge in [-0.1, -0.05) is 11.6 Å². The van der Waals surface area contributed by atoms with Crippen LogP contribution in [0.15, 0.2) is 35.4 Å². The number of esters is 1. The first-order valence-electron chi connectivity index (χ1n) is 11.1. The molecule has 2 aromatic rings. The van der Waals surface area contributed by atoms with Crippen molar-refractivity contribution in [1.82, 2.24) is 9.88 Å². The summed E-state index contributed by atoms with van der Waals surface area (Å²) in [5.41, 5.74) is 0.378. The largest absolute Gasteiger partial charge is 0.465 e. The predicted octanol–water partition coefficient (Wildman–Crippen LogP) is 2.75. The molecule has 9 nitrogen and oxygen atoms in total. The number of carbonyl (C=O) groups is 2. The van der Waals surface area contributed by atoms with E-state index in [1.54, 1.807) is 0 Å². The lowest BCUT2D eigenvalue weighted by Gasteiger charge is -2.37. The number of benzene rings is 1. The number of nitrogens with zero attached hydrogens (tertiary/aromatic N) is 3. The van der Waals surface area contributed by atoms with E-state index >= 15 is 0 Å². The van der Waals surface area contributed by atoms with E-state index in [9.17, 15) is 22.4 Å². The number of nitrogens with one attached hydrogen (secondary N) is 1. The van der Waals surface area contributed by atoms with Crippen molar-refractivity contribution in [2.75, 3.05) is 43.2 Å². The number of methoxy groups -OCH3 is 1. The molecular formula is C23H26ClFN4O5S. The average molecular weight is 525 g/mol. The number of halogens is 2. The minimum atomic E-state index is -3.52. The molecule has 12 heteroatoms. The highest BCUT2D eigenvalue weighted by molar-refractivity contribution is 7.90. The van der Waals surface area contributed by atoms with E-state index in [4.69, 9.17) is 16.3 Å². The molecule has 2 aliphatic heterocycles. The Hall–Kier alpha value is -2.92. The fourth-order valence-corrected chi connectivity index (χ4v) is 5.43. The summed E-state index contributed by atoms with van der Waals surface area (Å²) in [6, 6.07) is 4.63. The molecule has 2 aliphatic rings. The van der Waals surface area contributed by atoms with E-state index in [1.807, 2.05) is 9.80 Å². The van der Waals surface area contributed by atoms with Crippen LogP contribution in [-0.4, -0.2) is 75.3 Å². The molecule has 1 atom stereocenters. The molecule has 0 bridgehead atoms. The second-order valence-electron chi connectivity index (χ2n) is 8.67. The Morgan fingerprint density at radius 3 is 2.51 bits per heavy atom. The zero-order chi connectivity index (χ0) is 25.3. The van der Waals surface area contributed by atoms with Crippen LogP contribution in [0.1, 0.15) is 29.6 Å². The molecule has 188 valence electrons. The minimum absolute atomic E-state index is 0.0381. The monoisotopic (exact) mass is 524 g/mol. The van der Waals surface area contributed by atoms with Gasteiger partial charge in [-0.15, -0.1) is 0 Å². The number of hydrogen-bond donors (Lipinski definition) is 1. The number of likely N-dealkylation sites (tertiary alicyclic amines) is 1. The van der Waals surface area contributed by atoms with E-state index < -0.39 is 27.7 Å². The van der Waals surface area contributed by atoms with Gasteiger partial charge < -0.3 is 19.9 Å². The molecule has 0 spiro atoms. The van der Waals surface area contributed by atoms with Gasteiger partial charge in [-0.3, -0.25) is 4.79 Å². The van der Waals surface area contributed by atoms with E-state index in [0.29, 0.717) is 49.7 Å². The van der Waals surface area contributed by atoms with E-state index in [1.165, 1.54) is 31.5 Å². The fraction of sp³-hybridized carbons (Fsp3) is 0.435. The van der Waals surface area contributed by atoms with Gasteiger partial charge in [0.05, 0.1) is 28.3 Å². The quantitative estimate of drug-likeness (QED) is 0.575. The highest BCUT2D eigenvalue weighted by Gasteiger charge is 2.37. The van der Waals surface area contributed by atoms with Crippen LogP contribution in [0.25, 0.3) is 0 Å². The minimum Gasteiger partial charge on any atom is -0.465 e. The van der Waals surface area contributed by atoms with Crippen molar-refractivity contribution in [3.8, 4) is 0 Å². The lowest BCUT2D eigenvalue weighted by atomic mass is 10.0. The lowest BCUT2D eigenvalue weighted by molar-refractivity contribution is -0.130. The zero-order valence-corrected chi connectivity index (χ0v) is 20.9. The average Bonchev–Trinajstić information content (AvgIpc) is 3.19. The molecule has 0 radical (unpaired) electrons. The van der Waals surface area contributed by atoms with Crippen LogP contribution in [0.4, 0.5) is 15.9 Å². The maximum absolute atomic E-state index is 14.4. The van der Waals surface area contributed by atoms with Crippen molar-refractivity contribution in [1.29, 1.82) is 0 Å². The van der Waals surface area contributed by atoms with Gasteiger partial charge in [0.25, 0.3) is 0 Å². The second-order valence-corrected chi connectivity index (χ2v) is 11.1. The van der Waals surface area contributed by atoms with Crippen LogP contribution in [0.3, 0.4) is 0 Å². The van der Waals surface area contributed by atoms with Crippen molar-refractivity contribution in [3.63, 3.8) is 0 Å². The Morgan fingerprint density at radius 2 is 1.91 bits per heavy atom. The standard InChI is InChI=1S/C23H26ClFN4O5S/c1-34-23(31)14-11-17(24)21(26-13-14)28-8-5-15(6-9-28)29-10-7-20(22(29)30)27-19-4-3-16(12-18(19)25)35(2,32)33/h3-4,11-13,15,20,27H,5-10H2,1-2H3/t20-/m0/s1. The number of carbonyl (C=O) groups excluding carboxylic acids is 2. The van der Waals surface area contributed by atoms with Crippen molar-refractivity contribution in [2.24, 2.45) is 0 Å². The van der Waals surface area contributed by atoms with Gasteiger partial charge in [0.2, 0.25) is 5.91 Å². The van der Waals surface area contributed by atoms with Gasteiger partial charge in [-0.25, -0.2) is 22.6 Å². The number of amides is 1. The van der Waals surface area contributed by atoms with Crippen LogP contribution in [-0.2, 0) is 19.4 Å². The Kier molecular flexibility index (Phi) is 7.18. The normalized spacial score (nSPS) is 19.2. The van der Waals surface area contributed by atoms with Crippen molar-refractivity contribution in [3.05, 3.63) is 46.9 Å². The van der Waals surface area contributed by atoms with E-state index in [2.05, 4.69) is 10.3 Å². The maximum Gasteiger partial charge on any atom is 0.339 e. The molecule has 2 fully saturated rings. The van der Waals surface area contributed by atoms with Crippen molar-refractivity contribution in [2.45, 2.75) is 36.2 Å². The van der Waals surface area contributed by atoms with Gasteiger partial charge in [0.1, 0.15) is 17.7 Å². The van der Waals surface area contributed by atoms with Crippen LogP contribution in [0.2, 0.25) is 5.02 Å². The SMILES string of the molecule is COC(=O)c1cnc(N2CCC(N3CC[C@H](Nc4ccc(S(C)(=O)=O)cc4F)C3=O)CC2)c(Cl)c1. The molecule has 35 heavy (non-hydrogen) atoms. The van der Waals surface area contributed by atoms with Crippen LogP contribution >= 0.6 is 11.6 Å². The number of ether oxygens (including phenoxy) is 1. The third-order valence-corrected chi connectivity index (χ3v) is 7.77. The number of piperidine rings is 1. The van der Waals surface area contributed by atoms with Gasteiger partial charge in [-0.05, 0) is 43.5 Å². The second kappa shape index (κ2) is 9.98. The third-order valence-electron chi connectivity index (χ3n) is 6.39. The number of hydrogen-bond acceptors (Lipinski definition) is 8. The molecule has 0 aliphatic carbocycles. The summed E-state index contributed by atoms with van der Waals surface area (Å²) in [7, 11) is -2.23. The summed E-state index contributed by atoms with van der Waals surface area (Å²) in [5, 5.41) is 3.29. The molecule has 0 saturated carbocycles. The predicted molar refractivity (Wildman–Crippen MR) is 129 cm³/mol. The number of sulfone groups is 1. The van der Waals surface area contributed by atoms with Crippen LogP contribution in [0.5, 0.6) is 0 Å². The molecule has 1 amide bonds. The van der Waals surface area contributed by atoms with Gasteiger partial charge in [-0.2, -0.15) is 0 Å². The van der Waals surface area contributed by atoms with Crippen LogP contribution in [0, 0.1) is 5.82 Å². The molecule has 1 aromatic heterocycles. The third kappa shape index (κ3) is 5.35. The highest BCUT2D eigenvalue weighted by atomic mass is 35.5. The van der Waals surface area contributed by atoms with E-state index in [-0.39, 0.29) is 28.1 Å². The van der Waals surface area contributed by atoms with Crippen molar-refractivity contribution >= 4 is 44.8 Å². The molecule has 3 heterocycles. The molecular weight excluding hydrogens is 499 g/mol. The summed E-state index contributed by atoms with van der Waals surface area (Å²) in [4.78, 5) is 32.8. The molecule has 4 rings (SSSR count). The zero-order valence-electron chi connectivity index (χ0n) is 19.3. The number of aromatic nitrogens is 1. The maximum atomic E-state index is 14.4. The molecule has 1 aromatic carbocycles. The lowest BCUT2D eigenvalue weighted by Crippen LogP contribution is -2.47. The summed E-state index contributed by atoms with van der Waals surface area (Å²) in [6.07, 6.45) is 4.40. The summed E-state index contributed by atoms with van der Waals surface area (Å²) in [6.45, 7) is 1.83. The summed E-state index contributed by atoms with van der Waals surface area (Å²) >= 11 is 6.35. The van der Waals surface area contributed by atoms with Gasteiger partial charge >= 0.3 is 5.97 Å². The smallest absolute Gasteiger partial charge is 0.339 e.